The van der Waals surface area contributed by atoms with Crippen LogP contribution in [0, 0.1) is 0 Å². The van der Waals surface area contributed by atoms with E-state index in [4.69, 9.17) is 45.0 Å². The predicted molar refractivity (Wildman–Crippen MR) is 42.6 cm³/mol. The van der Waals surface area contributed by atoms with Crippen LogP contribution >= 0.6 is 34.8 Å². The van der Waals surface area contributed by atoms with Crippen LogP contribution in [-0.4, -0.2) is 34.4 Å². The van der Waals surface area contributed by atoms with Crippen molar-refractivity contribution in [1.29, 1.82) is 0 Å². The zero-order valence-electron chi connectivity index (χ0n) is 5.95. The van der Waals surface area contributed by atoms with Crippen LogP contribution in [0.4, 0.5) is 13.2 Å². The summed E-state index contributed by atoms with van der Waals surface area (Å²) in [5, 5.41) is 14.1. The highest BCUT2D eigenvalue weighted by atomic mass is 35.6. The second-order valence-corrected chi connectivity index (χ2v) is 3.03. The average Bonchev–Trinajstić information content (AvgIpc) is 1.90. The van der Waals surface area contributed by atoms with Gasteiger partial charge in [-0.3, -0.25) is 0 Å². The second-order valence-electron chi connectivity index (χ2n) is 1.05. The third-order valence-corrected chi connectivity index (χ3v) is 0.161. The van der Waals surface area contributed by atoms with Crippen molar-refractivity contribution < 1.29 is 23.4 Å². The highest BCUT2D eigenvalue weighted by Gasteiger charge is 2.22. The van der Waals surface area contributed by atoms with Crippen molar-refractivity contribution in [3.05, 3.63) is 0 Å². The molecule has 0 aliphatic rings. The molecular weight excluding hydrogens is 243 g/mol. The zero-order chi connectivity index (χ0) is 10.8. The van der Waals surface area contributed by atoms with Gasteiger partial charge < -0.3 is 10.2 Å². The van der Waals surface area contributed by atoms with Gasteiger partial charge in [-0.1, -0.05) is 34.8 Å². The van der Waals surface area contributed by atoms with Gasteiger partial charge in [-0.05, 0) is 0 Å². The minimum absolute atomic E-state index is 0.750. The van der Waals surface area contributed by atoms with Gasteiger partial charge in [0.05, 0.1) is 0 Å². The first-order valence-corrected chi connectivity index (χ1v) is 3.63. The predicted octanol–water partition coefficient (Wildman–Crippen LogP) is 2.14. The van der Waals surface area contributed by atoms with E-state index in [1.54, 1.807) is 0 Å². The Balaban J connectivity index is -0.000000118. The van der Waals surface area contributed by atoms with E-state index in [9.17, 15) is 13.2 Å². The van der Waals surface area contributed by atoms with Gasteiger partial charge in [-0.15, -0.1) is 0 Å². The Morgan fingerprint density at radius 2 is 1.33 bits per heavy atom. The summed E-state index contributed by atoms with van der Waals surface area (Å²) < 4.78 is 31.0. The number of hydrogen-bond acceptors (Lipinski definition) is 2. The van der Waals surface area contributed by atoms with Crippen LogP contribution in [0.1, 0.15) is 0 Å². The van der Waals surface area contributed by atoms with Crippen LogP contribution < -0.4 is 0 Å². The molecule has 0 heterocycles. The van der Waals surface area contributed by atoms with Gasteiger partial charge in [0.1, 0.15) is 0 Å². The summed E-state index contributed by atoms with van der Waals surface area (Å²) in [5.74, 6) is 0. The van der Waals surface area contributed by atoms with E-state index in [-0.39, 0.29) is 0 Å². The van der Waals surface area contributed by atoms with Gasteiger partial charge in [0, 0.05) is 7.11 Å². The summed E-state index contributed by atoms with van der Waals surface area (Å²) in [6, 6.07) is 0. The van der Waals surface area contributed by atoms with E-state index in [1.165, 1.54) is 0 Å². The fourth-order valence-corrected chi connectivity index (χ4v) is 0. The molecule has 0 aromatic carbocycles. The van der Waals surface area contributed by atoms with Gasteiger partial charge in [0.2, 0.25) is 0 Å². The molecule has 2 N–H and O–H groups in total. The molecule has 0 radical (unpaired) electrons. The summed E-state index contributed by atoms with van der Waals surface area (Å²) >= 11 is 14.4. The Morgan fingerprint density at radius 1 is 1.25 bits per heavy atom. The van der Waals surface area contributed by atoms with Gasteiger partial charge >= 0.3 is 6.11 Å². The lowest BCUT2D eigenvalue weighted by molar-refractivity contribution is -0.208. The number of aliphatic hydroxyl groups is 2. The molecule has 0 aromatic heterocycles. The van der Waals surface area contributed by atoms with Crippen LogP contribution in [0.3, 0.4) is 0 Å². The number of halogens is 6. The maximum atomic E-state index is 10.6. The number of aliphatic hydroxyl groups excluding tert-OH is 1. The minimum Gasteiger partial charge on any atom is -0.400 e. The van der Waals surface area contributed by atoms with E-state index in [2.05, 4.69) is 0 Å². The molecule has 0 unspecified atom stereocenters. The molecule has 78 valence electrons. The monoisotopic (exact) mass is 250 g/mol. The van der Waals surface area contributed by atoms with Gasteiger partial charge in [-0.25, -0.2) is 4.39 Å². The highest BCUT2D eigenvalue weighted by molar-refractivity contribution is 6.63. The van der Waals surface area contributed by atoms with Crippen LogP contribution in [0.2, 0.25) is 0 Å². The molecule has 0 aliphatic carbocycles. The smallest absolute Gasteiger partial charge is 0.381 e. The largest absolute Gasteiger partial charge is 0.400 e. The number of hydrogen-bond donors (Lipinski definition) is 2. The lowest BCUT2D eigenvalue weighted by Gasteiger charge is -1.97. The molecule has 0 aromatic rings. The molecular formula is C4H8Cl3F3O2. The molecule has 0 fully saturated rings. The fourth-order valence-electron chi connectivity index (χ4n) is 0. The minimum atomic E-state index is -4.12. The topological polar surface area (TPSA) is 40.5 Å². The zero-order valence-corrected chi connectivity index (χ0v) is 8.21. The second kappa shape index (κ2) is 11.6. The molecule has 0 atom stereocenters. The van der Waals surface area contributed by atoms with E-state index in [0.717, 1.165) is 7.11 Å². The molecule has 0 aliphatic heterocycles. The first-order valence-electron chi connectivity index (χ1n) is 2.32. The van der Waals surface area contributed by atoms with E-state index in [1.807, 2.05) is 0 Å². The number of rotatable bonds is 1. The molecule has 8 heteroatoms. The molecule has 0 saturated heterocycles. The van der Waals surface area contributed by atoms with Crippen molar-refractivity contribution in [2.24, 2.45) is 0 Å². The normalized spacial score (nSPS) is 9.50. The maximum Gasteiger partial charge on any atom is 0.381 e. The Hall–Kier alpha value is 0.580. The van der Waals surface area contributed by atoms with Crippen molar-refractivity contribution in [2.75, 3.05) is 13.8 Å². The molecule has 0 spiro atoms. The Bertz CT molecular complexity index is 75.7. The lowest BCUT2D eigenvalue weighted by atomic mass is 10.7. The Kier molecular flexibility index (Phi) is 17.7. The summed E-state index contributed by atoms with van der Waals surface area (Å²) in [7, 11) is 1.00. The molecule has 0 bridgehead atoms. The molecule has 12 heavy (non-hydrogen) atoms. The molecule has 0 rings (SSSR count). The molecule has 0 amide bonds. The average molecular weight is 251 g/mol. The Morgan fingerprint density at radius 3 is 1.33 bits per heavy atom. The third kappa shape index (κ3) is 75.8. The fraction of sp³-hybridized carbons (Fsp3) is 1.00. The van der Waals surface area contributed by atoms with E-state index in [0.29, 0.717) is 0 Å². The van der Waals surface area contributed by atoms with Crippen molar-refractivity contribution in [3.63, 3.8) is 0 Å². The molecule has 2 nitrogen and oxygen atoms in total. The lowest BCUT2D eigenvalue weighted by Crippen LogP contribution is -2.15. The van der Waals surface area contributed by atoms with Crippen molar-refractivity contribution in [3.8, 4) is 0 Å². The van der Waals surface area contributed by atoms with E-state index < -0.39 is 17.1 Å². The van der Waals surface area contributed by atoms with Crippen LogP contribution in [0.5, 0.6) is 0 Å². The molecule has 0 saturated carbocycles. The highest BCUT2D eigenvalue weighted by Crippen LogP contribution is 2.06. The van der Waals surface area contributed by atoms with Crippen molar-refractivity contribution in [1.82, 2.24) is 0 Å². The summed E-state index contributed by atoms with van der Waals surface area (Å²) in [5.41, 5.74) is 0. The van der Waals surface area contributed by atoms with E-state index >= 15 is 0 Å². The van der Waals surface area contributed by atoms with Gasteiger partial charge in [-0.2, -0.15) is 8.78 Å². The first-order chi connectivity index (χ1) is 5.29. The first kappa shape index (κ1) is 18.4. The maximum absolute atomic E-state index is 10.6. The van der Waals surface area contributed by atoms with Crippen molar-refractivity contribution >= 4 is 34.8 Å². The summed E-state index contributed by atoms with van der Waals surface area (Å²) in [4.78, 5) is 0. The number of alkyl halides is 6. The quantitative estimate of drug-likeness (QED) is 0.701. The van der Waals surface area contributed by atoms with Crippen LogP contribution in [0.25, 0.3) is 0 Å². The third-order valence-electron chi connectivity index (χ3n) is 0.161. The SMILES string of the molecule is CO.ClC(Cl)Cl.OC(F)(F)CF. The van der Waals surface area contributed by atoms with Crippen LogP contribution in [0.15, 0.2) is 0 Å². The Labute approximate surface area is 82.8 Å². The van der Waals surface area contributed by atoms with Crippen molar-refractivity contribution in [2.45, 2.75) is 10.4 Å². The van der Waals surface area contributed by atoms with Gasteiger partial charge in [0.15, 0.2) is 11.0 Å². The van der Waals surface area contributed by atoms with Gasteiger partial charge in [0.25, 0.3) is 0 Å². The standard InChI is InChI=1S/C2H3F3O.CHCl3.CH4O/c3-1-2(4,5)6;2-1(3)4;1-2/h6H,1H2;1H;2H,1H3. The summed E-state index contributed by atoms with van der Waals surface area (Å²) in [6.45, 7) is -2.01. The summed E-state index contributed by atoms with van der Waals surface area (Å²) in [6.07, 6.45) is -4.12. The van der Waals surface area contributed by atoms with Crippen LogP contribution in [-0.2, 0) is 0 Å².